The Bertz CT molecular complexity index is 991. The molecule has 4 heterocycles. The minimum atomic E-state index is 0.197. The summed E-state index contributed by atoms with van der Waals surface area (Å²) in [6.07, 6.45) is 4.04. The number of anilines is 1. The molecule has 1 saturated heterocycles. The number of nitrogens with zero attached hydrogens (tertiary/aromatic N) is 4. The molecule has 0 bridgehead atoms. The van der Waals surface area contributed by atoms with E-state index in [-0.39, 0.29) is 17.9 Å². The molecule has 4 rings (SSSR count). The second-order valence-corrected chi connectivity index (χ2v) is 8.87. The van der Waals surface area contributed by atoms with Crippen molar-refractivity contribution >= 4 is 23.2 Å². The van der Waals surface area contributed by atoms with E-state index in [2.05, 4.69) is 29.3 Å². The molecule has 0 aromatic carbocycles. The van der Waals surface area contributed by atoms with Crippen LogP contribution in [-0.2, 0) is 11.2 Å². The number of nitrogens with one attached hydrogen (secondary N) is 1. The lowest BCUT2D eigenvalue weighted by Gasteiger charge is -2.32. The van der Waals surface area contributed by atoms with Gasteiger partial charge in [0.25, 0.3) is 0 Å². The van der Waals surface area contributed by atoms with E-state index in [4.69, 9.17) is 9.51 Å². The Kier molecular flexibility index (Phi) is 6.13. The molecule has 1 fully saturated rings. The fourth-order valence-corrected chi connectivity index (χ4v) is 4.46. The SMILES string of the molecule is Cc1cc(-c2cnc(NC(C)C)nc2C2CCN(C(=O)Cc3ccsc3)CC2)on1. The number of aromatic nitrogens is 3. The number of amides is 1. The number of hydrogen-bond acceptors (Lipinski definition) is 7. The van der Waals surface area contributed by atoms with Gasteiger partial charge in [-0.15, -0.1) is 0 Å². The van der Waals surface area contributed by atoms with Crippen LogP contribution in [0, 0.1) is 6.92 Å². The van der Waals surface area contributed by atoms with Gasteiger partial charge in [0, 0.05) is 37.3 Å². The van der Waals surface area contributed by atoms with Gasteiger partial charge in [-0.05, 0) is 56.0 Å². The van der Waals surface area contributed by atoms with E-state index in [0.29, 0.717) is 18.1 Å². The predicted octanol–water partition coefficient (Wildman–Crippen LogP) is 4.27. The number of hydrogen-bond donors (Lipinski definition) is 1. The summed E-state index contributed by atoms with van der Waals surface area (Å²) >= 11 is 1.63. The standard InChI is InChI=1S/C22H27N5O2S/c1-14(2)24-22-23-12-18(19-10-15(3)26-29-19)21(25-22)17-4-7-27(8-5-17)20(28)11-16-6-9-30-13-16/h6,9-10,12-14,17H,4-5,7-8,11H2,1-3H3,(H,23,24,25). The molecule has 3 aromatic heterocycles. The highest BCUT2D eigenvalue weighted by Crippen LogP contribution is 2.35. The summed E-state index contributed by atoms with van der Waals surface area (Å²) in [7, 11) is 0. The molecular formula is C22H27N5O2S. The third kappa shape index (κ3) is 4.70. The molecule has 1 aliphatic rings. The molecule has 1 aliphatic heterocycles. The van der Waals surface area contributed by atoms with Crippen molar-refractivity contribution in [2.45, 2.75) is 52.0 Å². The van der Waals surface area contributed by atoms with Gasteiger partial charge in [0.2, 0.25) is 11.9 Å². The first-order valence-corrected chi connectivity index (χ1v) is 11.3. The van der Waals surface area contributed by atoms with Crippen molar-refractivity contribution < 1.29 is 9.32 Å². The van der Waals surface area contributed by atoms with Gasteiger partial charge in [-0.1, -0.05) is 5.16 Å². The molecular weight excluding hydrogens is 398 g/mol. The second-order valence-electron chi connectivity index (χ2n) is 8.09. The lowest BCUT2D eigenvalue weighted by atomic mass is 9.90. The van der Waals surface area contributed by atoms with Crippen LogP contribution >= 0.6 is 11.3 Å². The third-order valence-corrected chi connectivity index (χ3v) is 6.03. The number of aryl methyl sites for hydroxylation is 1. The molecule has 1 amide bonds. The number of likely N-dealkylation sites (tertiary alicyclic amines) is 1. The maximum absolute atomic E-state index is 12.6. The first kappa shape index (κ1) is 20.5. The minimum Gasteiger partial charge on any atom is -0.356 e. The highest BCUT2D eigenvalue weighted by Gasteiger charge is 2.28. The van der Waals surface area contributed by atoms with Crippen molar-refractivity contribution in [2.75, 3.05) is 18.4 Å². The first-order valence-electron chi connectivity index (χ1n) is 10.4. The zero-order valence-corrected chi connectivity index (χ0v) is 18.4. The summed E-state index contributed by atoms with van der Waals surface area (Å²) < 4.78 is 5.51. The summed E-state index contributed by atoms with van der Waals surface area (Å²) in [5, 5.41) is 11.4. The topological polar surface area (TPSA) is 84.2 Å². The van der Waals surface area contributed by atoms with Crippen LogP contribution in [0.2, 0.25) is 0 Å². The smallest absolute Gasteiger partial charge is 0.227 e. The van der Waals surface area contributed by atoms with Crippen molar-refractivity contribution in [3.8, 4) is 11.3 Å². The van der Waals surface area contributed by atoms with Crippen LogP contribution in [-0.4, -0.2) is 45.1 Å². The molecule has 0 aliphatic carbocycles. The molecule has 1 N–H and O–H groups in total. The molecule has 0 saturated carbocycles. The quantitative estimate of drug-likeness (QED) is 0.635. The number of piperidine rings is 1. The van der Waals surface area contributed by atoms with Crippen LogP contribution in [0.3, 0.4) is 0 Å². The molecule has 8 heteroatoms. The van der Waals surface area contributed by atoms with Crippen LogP contribution in [0.25, 0.3) is 11.3 Å². The first-order chi connectivity index (χ1) is 14.5. The molecule has 0 spiro atoms. The zero-order valence-electron chi connectivity index (χ0n) is 17.6. The summed E-state index contributed by atoms with van der Waals surface area (Å²) in [6.45, 7) is 7.50. The van der Waals surface area contributed by atoms with Crippen LogP contribution < -0.4 is 5.32 Å². The van der Waals surface area contributed by atoms with Gasteiger partial charge in [-0.2, -0.15) is 11.3 Å². The van der Waals surface area contributed by atoms with Crippen molar-refractivity contribution in [1.82, 2.24) is 20.0 Å². The Morgan fingerprint density at radius 3 is 2.80 bits per heavy atom. The van der Waals surface area contributed by atoms with Crippen LogP contribution in [0.15, 0.2) is 33.6 Å². The summed E-state index contributed by atoms with van der Waals surface area (Å²) in [5.74, 6) is 1.75. The van der Waals surface area contributed by atoms with Crippen molar-refractivity contribution in [1.29, 1.82) is 0 Å². The van der Waals surface area contributed by atoms with Gasteiger partial charge >= 0.3 is 0 Å². The summed E-state index contributed by atoms with van der Waals surface area (Å²) in [4.78, 5) is 23.9. The largest absolute Gasteiger partial charge is 0.356 e. The zero-order chi connectivity index (χ0) is 21.1. The Balaban J connectivity index is 1.51. The van der Waals surface area contributed by atoms with E-state index in [9.17, 15) is 4.79 Å². The van der Waals surface area contributed by atoms with E-state index in [1.807, 2.05) is 40.9 Å². The summed E-state index contributed by atoms with van der Waals surface area (Å²) in [5.41, 5.74) is 3.77. The number of carbonyl (C=O) groups excluding carboxylic acids is 1. The minimum absolute atomic E-state index is 0.197. The average molecular weight is 426 g/mol. The number of carbonyl (C=O) groups is 1. The molecule has 7 nitrogen and oxygen atoms in total. The highest BCUT2D eigenvalue weighted by molar-refractivity contribution is 7.08. The van der Waals surface area contributed by atoms with Gasteiger partial charge in [-0.3, -0.25) is 4.79 Å². The Morgan fingerprint density at radius 1 is 1.37 bits per heavy atom. The van der Waals surface area contributed by atoms with Gasteiger partial charge in [0.05, 0.1) is 23.4 Å². The molecule has 3 aromatic rings. The normalized spacial score (nSPS) is 15.0. The molecule has 0 atom stereocenters. The van der Waals surface area contributed by atoms with Gasteiger partial charge < -0.3 is 14.7 Å². The highest BCUT2D eigenvalue weighted by atomic mass is 32.1. The maximum Gasteiger partial charge on any atom is 0.227 e. The van der Waals surface area contributed by atoms with Crippen molar-refractivity contribution in [3.05, 3.63) is 46.0 Å². The number of rotatable bonds is 6. The van der Waals surface area contributed by atoms with Crippen LogP contribution in [0.5, 0.6) is 0 Å². The van der Waals surface area contributed by atoms with Crippen molar-refractivity contribution in [2.24, 2.45) is 0 Å². The van der Waals surface area contributed by atoms with Gasteiger partial charge in [0.1, 0.15) is 0 Å². The molecule has 0 radical (unpaired) electrons. The van der Waals surface area contributed by atoms with E-state index < -0.39 is 0 Å². The van der Waals surface area contributed by atoms with E-state index in [1.165, 1.54) is 0 Å². The fraction of sp³-hybridized carbons (Fsp3) is 0.455. The molecule has 30 heavy (non-hydrogen) atoms. The van der Waals surface area contributed by atoms with Crippen LogP contribution in [0.4, 0.5) is 5.95 Å². The van der Waals surface area contributed by atoms with E-state index in [0.717, 1.165) is 48.4 Å². The average Bonchev–Trinajstić information content (AvgIpc) is 3.39. The summed E-state index contributed by atoms with van der Waals surface area (Å²) in [6, 6.07) is 4.18. The molecule has 0 unspecified atom stereocenters. The van der Waals surface area contributed by atoms with Crippen molar-refractivity contribution in [3.63, 3.8) is 0 Å². The van der Waals surface area contributed by atoms with Crippen LogP contribution in [0.1, 0.15) is 49.6 Å². The second kappa shape index (κ2) is 8.95. The Labute approximate surface area is 180 Å². The van der Waals surface area contributed by atoms with Gasteiger partial charge in [-0.25, -0.2) is 9.97 Å². The van der Waals surface area contributed by atoms with Gasteiger partial charge in [0.15, 0.2) is 5.76 Å². The van der Waals surface area contributed by atoms with E-state index in [1.54, 1.807) is 11.3 Å². The molecule has 158 valence electrons. The van der Waals surface area contributed by atoms with E-state index >= 15 is 0 Å². The monoisotopic (exact) mass is 425 g/mol. The fourth-order valence-electron chi connectivity index (χ4n) is 3.80. The third-order valence-electron chi connectivity index (χ3n) is 5.30. The lowest BCUT2D eigenvalue weighted by Crippen LogP contribution is -2.39. The Morgan fingerprint density at radius 2 is 2.17 bits per heavy atom. The maximum atomic E-state index is 12.6. The predicted molar refractivity (Wildman–Crippen MR) is 118 cm³/mol. The lowest BCUT2D eigenvalue weighted by molar-refractivity contribution is -0.131. The number of thiophene rings is 1. The Hall–Kier alpha value is -2.74.